The van der Waals surface area contributed by atoms with Gasteiger partial charge in [-0.05, 0) is 36.2 Å². The Labute approximate surface area is 200 Å². The van der Waals surface area contributed by atoms with E-state index in [1.165, 1.54) is 36.4 Å². The Morgan fingerprint density at radius 2 is 1.19 bits per heavy atom. The maximum Gasteiger partial charge on any atom is 0.248 e. The average Bonchev–Trinajstić information content (AvgIpc) is 2.77. The van der Waals surface area contributed by atoms with Gasteiger partial charge < -0.3 is 4.57 Å². The molecule has 0 fully saturated rings. The highest BCUT2D eigenvalue weighted by molar-refractivity contribution is 8.01. The van der Waals surface area contributed by atoms with Gasteiger partial charge in [0.25, 0.3) is 0 Å². The fraction of sp³-hybridized carbons (Fsp3) is 0.130. The van der Waals surface area contributed by atoms with Gasteiger partial charge in [0.1, 0.15) is 0 Å². The summed E-state index contributed by atoms with van der Waals surface area (Å²) in [6.07, 6.45) is 1.73. The minimum Gasteiger partial charge on any atom is -0.302 e. The Morgan fingerprint density at radius 3 is 1.61 bits per heavy atom. The second-order valence-electron chi connectivity index (χ2n) is 6.84. The molecule has 0 unspecified atom stereocenters. The van der Waals surface area contributed by atoms with Crippen molar-refractivity contribution >= 4 is 69.9 Å². The zero-order valence-corrected chi connectivity index (χ0v) is 20.3. The Hall–Kier alpha value is -1.61. The first kappa shape index (κ1) is 24.0. The van der Waals surface area contributed by atoms with Gasteiger partial charge in [0.15, 0.2) is 0 Å². The van der Waals surface area contributed by atoms with Crippen LogP contribution >= 0.6 is 53.5 Å². The molecule has 31 heavy (non-hydrogen) atoms. The second kappa shape index (κ2) is 9.90. The molecule has 160 valence electrons. The van der Waals surface area contributed by atoms with E-state index in [9.17, 15) is 14.2 Å². The molecule has 0 N–H and O–H groups in total. The van der Waals surface area contributed by atoms with E-state index in [0.717, 1.165) is 18.4 Å². The molecule has 3 rings (SSSR count). The van der Waals surface area contributed by atoms with Gasteiger partial charge in [0.2, 0.25) is 18.2 Å². The molecular formula is C23H17Cl4O3P. The molecule has 0 saturated heterocycles. The molecule has 0 spiro atoms. The zero-order valence-electron chi connectivity index (χ0n) is 16.4. The Morgan fingerprint density at radius 1 is 0.742 bits per heavy atom. The molecule has 0 bridgehead atoms. The van der Waals surface area contributed by atoms with E-state index in [0.29, 0.717) is 0 Å². The molecule has 0 amide bonds. The van der Waals surface area contributed by atoms with Crippen LogP contribution < -0.4 is 5.30 Å². The van der Waals surface area contributed by atoms with E-state index in [1.54, 1.807) is 24.3 Å². The van der Waals surface area contributed by atoms with Gasteiger partial charge in [-0.2, -0.15) is 0 Å². The van der Waals surface area contributed by atoms with Crippen molar-refractivity contribution in [2.24, 2.45) is 0 Å². The molecule has 0 aliphatic carbocycles. The van der Waals surface area contributed by atoms with Crippen molar-refractivity contribution in [3.05, 3.63) is 97.4 Å². The monoisotopic (exact) mass is 512 g/mol. The molecule has 0 saturated carbocycles. The first-order valence-electron chi connectivity index (χ1n) is 9.39. The Bertz CT molecular complexity index is 1140. The smallest absolute Gasteiger partial charge is 0.248 e. The third-order valence-electron chi connectivity index (χ3n) is 4.77. The molecule has 0 aliphatic heterocycles. The topological polar surface area (TPSA) is 51.2 Å². The van der Waals surface area contributed by atoms with Crippen LogP contribution in [0, 0.1) is 0 Å². The van der Waals surface area contributed by atoms with Crippen LogP contribution in [0.25, 0.3) is 0 Å². The minimum atomic E-state index is -4.39. The highest BCUT2D eigenvalue weighted by Crippen LogP contribution is 2.53. The average molecular weight is 514 g/mol. The molecule has 0 atom stereocenters. The van der Waals surface area contributed by atoms with Crippen molar-refractivity contribution in [1.29, 1.82) is 0 Å². The number of hydrogen-bond acceptors (Lipinski definition) is 3. The summed E-state index contributed by atoms with van der Waals surface area (Å²) in [6, 6.07) is 15.4. The van der Waals surface area contributed by atoms with Crippen molar-refractivity contribution in [3.63, 3.8) is 0 Å². The molecule has 0 aromatic heterocycles. The SMILES string of the molecule is CCCc1ccc(P(=O)(C(=O)c2cccc(Cl)c2Cl)C(=O)c2cccc(Cl)c2Cl)cc1. The van der Waals surface area contributed by atoms with E-state index in [1.807, 2.05) is 6.92 Å². The zero-order chi connectivity index (χ0) is 22.8. The van der Waals surface area contributed by atoms with Gasteiger partial charge in [-0.1, -0.05) is 96.1 Å². The number of benzene rings is 3. The van der Waals surface area contributed by atoms with Crippen LogP contribution in [0.5, 0.6) is 0 Å². The quantitative estimate of drug-likeness (QED) is 0.301. The van der Waals surface area contributed by atoms with Crippen LogP contribution in [0.2, 0.25) is 20.1 Å². The number of hydrogen-bond donors (Lipinski definition) is 0. The normalized spacial score (nSPS) is 11.4. The van der Waals surface area contributed by atoms with Gasteiger partial charge in [-0.15, -0.1) is 0 Å². The van der Waals surface area contributed by atoms with Crippen LogP contribution in [0.4, 0.5) is 0 Å². The lowest BCUT2D eigenvalue weighted by molar-refractivity contribution is 0.104. The highest BCUT2D eigenvalue weighted by atomic mass is 35.5. The highest BCUT2D eigenvalue weighted by Gasteiger charge is 2.44. The fourth-order valence-corrected chi connectivity index (χ4v) is 6.34. The standard InChI is InChI=1S/C23H17Cl4O3P/c1-2-5-14-10-12-15(13-11-14)31(30,22(28)16-6-3-8-18(24)20(16)26)23(29)17-7-4-9-19(25)21(17)27/h3-4,6-13H,2,5H2,1H3. The van der Waals surface area contributed by atoms with Crippen LogP contribution in [0.3, 0.4) is 0 Å². The number of carbonyl (C=O) groups is 2. The summed E-state index contributed by atoms with van der Waals surface area (Å²) in [5.41, 5.74) is -1.02. The fourth-order valence-electron chi connectivity index (χ4n) is 3.17. The molecular weight excluding hydrogens is 497 g/mol. The van der Waals surface area contributed by atoms with Crippen LogP contribution in [-0.2, 0) is 11.0 Å². The number of rotatable bonds is 7. The summed E-state index contributed by atoms with van der Waals surface area (Å²) in [5.74, 6) is 0. The van der Waals surface area contributed by atoms with E-state index < -0.39 is 18.2 Å². The maximum absolute atomic E-state index is 14.3. The number of carbonyl (C=O) groups excluding carboxylic acids is 2. The molecule has 0 aliphatic rings. The van der Waals surface area contributed by atoms with Crippen molar-refractivity contribution in [3.8, 4) is 0 Å². The summed E-state index contributed by atoms with van der Waals surface area (Å²) in [6.45, 7) is 2.04. The lowest BCUT2D eigenvalue weighted by Gasteiger charge is -2.19. The van der Waals surface area contributed by atoms with E-state index in [2.05, 4.69) is 0 Å². The first-order chi connectivity index (χ1) is 14.7. The predicted molar refractivity (Wildman–Crippen MR) is 129 cm³/mol. The lowest BCUT2D eigenvalue weighted by atomic mass is 10.1. The molecule has 3 aromatic rings. The molecule has 3 aromatic carbocycles. The summed E-state index contributed by atoms with van der Waals surface area (Å²) in [7, 11) is -4.39. The third-order valence-corrected chi connectivity index (χ3v) is 9.06. The van der Waals surface area contributed by atoms with E-state index in [-0.39, 0.29) is 36.5 Å². The molecule has 8 heteroatoms. The largest absolute Gasteiger partial charge is 0.302 e. The second-order valence-corrected chi connectivity index (χ2v) is 11.0. The van der Waals surface area contributed by atoms with Crippen molar-refractivity contribution in [2.75, 3.05) is 0 Å². The van der Waals surface area contributed by atoms with Crippen molar-refractivity contribution in [2.45, 2.75) is 19.8 Å². The maximum atomic E-state index is 14.3. The van der Waals surface area contributed by atoms with Crippen LogP contribution in [0.15, 0.2) is 60.7 Å². The van der Waals surface area contributed by atoms with E-state index >= 15 is 0 Å². The summed E-state index contributed by atoms with van der Waals surface area (Å²) in [4.78, 5) is 27.1. The van der Waals surface area contributed by atoms with E-state index in [4.69, 9.17) is 46.4 Å². The van der Waals surface area contributed by atoms with Crippen molar-refractivity contribution in [1.82, 2.24) is 0 Å². The number of aryl methyl sites for hydroxylation is 1. The molecule has 0 heterocycles. The first-order valence-corrected chi connectivity index (χ1v) is 12.6. The predicted octanol–water partition coefficient (Wildman–Crippen LogP) is 7.92. The molecule has 3 nitrogen and oxygen atoms in total. The lowest BCUT2D eigenvalue weighted by Crippen LogP contribution is -2.21. The van der Waals surface area contributed by atoms with Gasteiger partial charge in [-0.25, -0.2) is 0 Å². The Balaban J connectivity index is 2.24. The minimum absolute atomic E-state index is 0.0676. The summed E-state index contributed by atoms with van der Waals surface area (Å²) in [5, 5.41) is 0.189. The third kappa shape index (κ3) is 4.62. The summed E-state index contributed by atoms with van der Waals surface area (Å²) < 4.78 is 14.3. The van der Waals surface area contributed by atoms with Crippen LogP contribution in [-0.4, -0.2) is 11.0 Å². The van der Waals surface area contributed by atoms with Gasteiger partial charge in [0.05, 0.1) is 20.1 Å². The molecule has 0 radical (unpaired) electrons. The number of halogens is 4. The summed E-state index contributed by atoms with van der Waals surface area (Å²) >= 11 is 24.6. The van der Waals surface area contributed by atoms with Crippen molar-refractivity contribution < 1.29 is 14.2 Å². The van der Waals surface area contributed by atoms with Crippen LogP contribution in [0.1, 0.15) is 39.6 Å². The van der Waals surface area contributed by atoms with Gasteiger partial charge >= 0.3 is 0 Å². The van der Waals surface area contributed by atoms with Gasteiger partial charge in [-0.3, -0.25) is 9.59 Å². The van der Waals surface area contributed by atoms with Gasteiger partial charge in [0, 0.05) is 16.4 Å². The Kier molecular flexibility index (Phi) is 7.68.